The van der Waals surface area contributed by atoms with E-state index in [1.807, 2.05) is 36.1 Å². The van der Waals surface area contributed by atoms with Gasteiger partial charge in [-0.05, 0) is 38.3 Å². The molecule has 2 saturated heterocycles. The van der Waals surface area contributed by atoms with Crippen LogP contribution in [0.2, 0.25) is 0 Å². The Morgan fingerprint density at radius 2 is 1.94 bits per heavy atom. The van der Waals surface area contributed by atoms with E-state index in [0.29, 0.717) is 50.2 Å². The molecule has 0 aliphatic carbocycles. The minimum absolute atomic E-state index is 0.0171. The highest BCUT2D eigenvalue weighted by Crippen LogP contribution is 2.34. The number of rotatable bonds is 6. The number of para-hydroxylation sites is 1. The lowest BCUT2D eigenvalue weighted by Gasteiger charge is -2.30. The van der Waals surface area contributed by atoms with Crippen molar-refractivity contribution in [3.63, 3.8) is 0 Å². The van der Waals surface area contributed by atoms with Crippen molar-refractivity contribution in [1.29, 1.82) is 0 Å². The maximum atomic E-state index is 13.6. The van der Waals surface area contributed by atoms with Gasteiger partial charge in [0.05, 0.1) is 22.9 Å². The number of aromatic nitrogens is 2. The molecule has 8 nitrogen and oxygen atoms in total. The van der Waals surface area contributed by atoms with Gasteiger partial charge in [0.25, 0.3) is 5.56 Å². The van der Waals surface area contributed by atoms with Crippen molar-refractivity contribution >= 4 is 22.7 Å². The van der Waals surface area contributed by atoms with E-state index in [4.69, 9.17) is 9.72 Å². The van der Waals surface area contributed by atoms with Crippen molar-refractivity contribution in [2.24, 2.45) is 5.92 Å². The number of fused-ring (bicyclic) bond motifs is 4. The van der Waals surface area contributed by atoms with Crippen LogP contribution < -0.4 is 5.56 Å². The molecule has 0 spiro atoms. The van der Waals surface area contributed by atoms with E-state index < -0.39 is 0 Å². The molecule has 1 aromatic carbocycles. The molecule has 0 unspecified atom stereocenters. The molecule has 2 amide bonds. The largest absolute Gasteiger partial charge is 0.382 e. The first-order valence-corrected chi connectivity index (χ1v) is 11.7. The maximum Gasteiger partial charge on any atom is 0.261 e. The van der Waals surface area contributed by atoms with Crippen LogP contribution in [0.15, 0.2) is 29.1 Å². The second-order valence-electron chi connectivity index (χ2n) is 9.09. The Labute approximate surface area is 187 Å². The van der Waals surface area contributed by atoms with Crippen LogP contribution >= 0.6 is 0 Å². The third-order valence-electron chi connectivity index (χ3n) is 7.11. The van der Waals surface area contributed by atoms with Crippen LogP contribution in [0.1, 0.15) is 38.4 Å². The van der Waals surface area contributed by atoms with Crippen molar-refractivity contribution in [2.75, 3.05) is 26.3 Å². The highest BCUT2D eigenvalue weighted by molar-refractivity contribution is 5.89. The van der Waals surface area contributed by atoms with Crippen LogP contribution in [0.3, 0.4) is 0 Å². The molecule has 0 saturated carbocycles. The van der Waals surface area contributed by atoms with Crippen molar-refractivity contribution in [1.82, 2.24) is 19.4 Å². The van der Waals surface area contributed by atoms with Gasteiger partial charge in [-0.3, -0.25) is 19.0 Å². The van der Waals surface area contributed by atoms with Crippen LogP contribution in [-0.2, 0) is 27.3 Å². The quantitative estimate of drug-likeness (QED) is 0.640. The summed E-state index contributed by atoms with van der Waals surface area (Å²) in [5.41, 5.74) is 0.686. The summed E-state index contributed by atoms with van der Waals surface area (Å²) in [6, 6.07) is 7.45. The zero-order chi connectivity index (χ0) is 22.2. The molecule has 5 rings (SSSR count). The van der Waals surface area contributed by atoms with E-state index in [1.54, 1.807) is 9.47 Å². The molecule has 0 radical (unpaired) electrons. The molecule has 2 aromatic rings. The number of ether oxygens (including phenoxy) is 1. The highest BCUT2D eigenvalue weighted by atomic mass is 16.5. The van der Waals surface area contributed by atoms with Gasteiger partial charge in [-0.25, -0.2) is 4.98 Å². The summed E-state index contributed by atoms with van der Waals surface area (Å²) in [4.78, 5) is 47.7. The second kappa shape index (κ2) is 8.65. The topological polar surface area (TPSA) is 84.7 Å². The van der Waals surface area contributed by atoms with Crippen molar-refractivity contribution in [2.45, 2.75) is 57.7 Å². The number of carbonyl (C=O) groups excluding carboxylic acids is 2. The van der Waals surface area contributed by atoms with Gasteiger partial charge in [-0.1, -0.05) is 12.1 Å². The molecule has 3 aliphatic rings. The molecule has 2 fully saturated rings. The lowest BCUT2D eigenvalue weighted by atomic mass is 10.1. The average molecular weight is 439 g/mol. The van der Waals surface area contributed by atoms with Crippen LogP contribution in [0.4, 0.5) is 0 Å². The van der Waals surface area contributed by atoms with Crippen LogP contribution in [-0.4, -0.2) is 69.6 Å². The van der Waals surface area contributed by atoms with E-state index in [-0.39, 0.29) is 41.8 Å². The molecule has 3 aliphatic heterocycles. The first-order chi connectivity index (χ1) is 15.6. The number of hydrogen-bond donors (Lipinski definition) is 0. The number of likely N-dealkylation sites (tertiary alicyclic amines) is 1. The minimum Gasteiger partial charge on any atom is -0.382 e. The summed E-state index contributed by atoms with van der Waals surface area (Å²) in [7, 11) is 0. The summed E-state index contributed by atoms with van der Waals surface area (Å²) >= 11 is 0. The van der Waals surface area contributed by atoms with E-state index >= 15 is 0 Å². The Balaban J connectivity index is 1.34. The minimum atomic E-state index is -0.303. The zero-order valence-electron chi connectivity index (χ0n) is 18.5. The average Bonchev–Trinajstić information content (AvgIpc) is 3.30. The van der Waals surface area contributed by atoms with Gasteiger partial charge < -0.3 is 14.5 Å². The Bertz CT molecular complexity index is 1100. The molecule has 170 valence electrons. The normalized spacial score (nSPS) is 24.8. The number of amides is 2. The smallest absolute Gasteiger partial charge is 0.261 e. The van der Waals surface area contributed by atoms with Gasteiger partial charge in [0.1, 0.15) is 5.82 Å². The zero-order valence-corrected chi connectivity index (χ0v) is 18.5. The predicted molar refractivity (Wildman–Crippen MR) is 119 cm³/mol. The fourth-order valence-corrected chi connectivity index (χ4v) is 5.55. The fourth-order valence-electron chi connectivity index (χ4n) is 5.55. The molecule has 32 heavy (non-hydrogen) atoms. The summed E-state index contributed by atoms with van der Waals surface area (Å²) in [6.07, 6.45) is 3.44. The number of benzene rings is 1. The monoisotopic (exact) mass is 438 g/mol. The summed E-state index contributed by atoms with van der Waals surface area (Å²) in [6.45, 7) is 4.84. The van der Waals surface area contributed by atoms with Gasteiger partial charge in [0.15, 0.2) is 0 Å². The van der Waals surface area contributed by atoms with Crippen LogP contribution in [0.25, 0.3) is 10.9 Å². The van der Waals surface area contributed by atoms with Crippen molar-refractivity contribution < 1.29 is 14.3 Å². The maximum absolute atomic E-state index is 13.6. The standard InChI is InChI=1S/C24H30N4O4/c1-2-32-11-5-10-26-14-16(12-22(26)29)23(30)28-17-8-9-18(28)15-27-21(13-17)25-20-7-4-3-6-19(20)24(27)31/h3-4,6-7,16-18H,2,5,8-15H2,1H3/t16-,17-,18+/m0/s1. The van der Waals surface area contributed by atoms with Gasteiger partial charge in [-0.2, -0.15) is 0 Å². The van der Waals surface area contributed by atoms with E-state index in [2.05, 4.69) is 0 Å². The van der Waals surface area contributed by atoms with Crippen LogP contribution in [0.5, 0.6) is 0 Å². The van der Waals surface area contributed by atoms with Gasteiger partial charge in [0, 0.05) is 51.7 Å². The molecular weight excluding hydrogens is 408 g/mol. The predicted octanol–water partition coefficient (Wildman–Crippen LogP) is 1.59. The third kappa shape index (κ3) is 3.70. The highest BCUT2D eigenvalue weighted by Gasteiger charge is 2.45. The Morgan fingerprint density at radius 1 is 1.12 bits per heavy atom. The summed E-state index contributed by atoms with van der Waals surface area (Å²) < 4.78 is 7.14. The van der Waals surface area contributed by atoms with E-state index in [1.165, 1.54) is 0 Å². The van der Waals surface area contributed by atoms with E-state index in [0.717, 1.165) is 25.1 Å². The Kier molecular flexibility index (Phi) is 5.71. The lowest BCUT2D eigenvalue weighted by Crippen LogP contribution is -2.46. The summed E-state index contributed by atoms with van der Waals surface area (Å²) in [5, 5.41) is 0.621. The second-order valence-corrected chi connectivity index (χ2v) is 9.09. The number of nitrogens with zero attached hydrogens (tertiary/aromatic N) is 4. The molecule has 4 heterocycles. The van der Waals surface area contributed by atoms with Gasteiger partial charge in [0.2, 0.25) is 11.8 Å². The molecule has 1 aromatic heterocycles. The molecule has 3 atom stereocenters. The summed E-state index contributed by atoms with van der Waals surface area (Å²) in [5.74, 6) is 0.569. The lowest BCUT2D eigenvalue weighted by molar-refractivity contribution is -0.138. The van der Waals surface area contributed by atoms with Crippen molar-refractivity contribution in [3.8, 4) is 0 Å². The molecular formula is C24H30N4O4. The molecule has 0 N–H and O–H groups in total. The van der Waals surface area contributed by atoms with E-state index in [9.17, 15) is 14.4 Å². The SMILES string of the molecule is CCOCCCN1C[C@@H](C(=O)N2[C@@H]3CC[C@H]2Cc2nc4ccccc4c(=O)n2C3)CC1=O. The first-order valence-electron chi connectivity index (χ1n) is 11.7. The van der Waals surface area contributed by atoms with Crippen molar-refractivity contribution in [3.05, 3.63) is 40.4 Å². The molecule has 8 heteroatoms. The van der Waals surface area contributed by atoms with Gasteiger partial charge >= 0.3 is 0 Å². The fraction of sp³-hybridized carbons (Fsp3) is 0.583. The number of carbonyl (C=O) groups is 2. The first kappa shape index (κ1) is 21.1. The third-order valence-corrected chi connectivity index (χ3v) is 7.11. The Morgan fingerprint density at radius 3 is 2.78 bits per heavy atom. The van der Waals surface area contributed by atoms with Gasteiger partial charge in [-0.15, -0.1) is 0 Å². The van der Waals surface area contributed by atoms with Crippen LogP contribution in [0, 0.1) is 5.92 Å². The Hall–Kier alpha value is -2.74. The number of hydrogen-bond acceptors (Lipinski definition) is 5. The molecule has 2 bridgehead atoms.